The van der Waals surface area contributed by atoms with Crippen LogP contribution in [0.2, 0.25) is 0 Å². The number of carbonyl (C=O) groups is 1. The zero-order valence-corrected chi connectivity index (χ0v) is 8.24. The molecule has 2 heterocycles. The third-order valence-corrected chi connectivity index (χ3v) is 2.30. The molecule has 0 fully saturated rings. The maximum Gasteiger partial charge on any atom is 0.376 e. The van der Waals surface area contributed by atoms with Crippen LogP contribution in [0.25, 0.3) is 10.3 Å². The minimum atomic E-state index is -0.512. The topological polar surface area (TPSA) is 65.0 Å². The molecule has 72 valence electrons. The summed E-state index contributed by atoms with van der Waals surface area (Å²) < 4.78 is 5.62. The summed E-state index contributed by atoms with van der Waals surface area (Å²) in [6.07, 6.45) is 1.58. The van der Waals surface area contributed by atoms with Crippen molar-refractivity contribution in [2.24, 2.45) is 0 Å². The molecule has 5 nitrogen and oxygen atoms in total. The van der Waals surface area contributed by atoms with Gasteiger partial charge in [0.15, 0.2) is 5.65 Å². The Labute approximate surface area is 83.8 Å². The van der Waals surface area contributed by atoms with Crippen LogP contribution in [0.5, 0.6) is 0 Å². The van der Waals surface area contributed by atoms with Crippen LogP contribution >= 0.6 is 11.3 Å². The predicted octanol–water partition coefficient (Wildman–Crippen LogP) is 1.26. The first kappa shape index (κ1) is 9.01. The summed E-state index contributed by atoms with van der Waals surface area (Å²) in [7, 11) is 0. The lowest BCUT2D eigenvalue weighted by Gasteiger charge is -1.98. The molecule has 0 aliphatic rings. The van der Waals surface area contributed by atoms with Gasteiger partial charge in [0.05, 0.1) is 23.0 Å². The van der Waals surface area contributed by atoms with Crippen molar-refractivity contribution in [2.75, 3.05) is 6.61 Å². The molecule has 0 unspecified atom stereocenters. The van der Waals surface area contributed by atoms with Crippen molar-refractivity contribution in [3.05, 3.63) is 17.5 Å². The normalized spacial score (nSPS) is 10.4. The molecule has 0 spiro atoms. The Balaban J connectivity index is 2.38. The Morgan fingerprint density at radius 3 is 3.21 bits per heavy atom. The van der Waals surface area contributed by atoms with E-state index in [4.69, 9.17) is 4.74 Å². The maximum atomic E-state index is 11.2. The zero-order chi connectivity index (χ0) is 9.97. The summed E-state index contributed by atoms with van der Waals surface area (Å²) in [5.41, 5.74) is 2.20. The Bertz CT molecular complexity index is 468. The molecule has 0 N–H and O–H groups in total. The average Bonchev–Trinajstić information content (AvgIpc) is 2.64. The van der Waals surface area contributed by atoms with Crippen molar-refractivity contribution in [1.29, 1.82) is 0 Å². The summed E-state index contributed by atoms with van der Waals surface area (Å²) in [5, 5.41) is 0. The van der Waals surface area contributed by atoms with E-state index in [-0.39, 0.29) is 5.82 Å². The average molecular weight is 209 g/mol. The number of carbonyl (C=O) groups excluding carboxylic acids is 1. The van der Waals surface area contributed by atoms with Crippen LogP contribution < -0.4 is 0 Å². The van der Waals surface area contributed by atoms with Crippen LogP contribution in [0.3, 0.4) is 0 Å². The van der Waals surface area contributed by atoms with Crippen LogP contribution in [0.4, 0.5) is 0 Å². The lowest BCUT2D eigenvalue weighted by Crippen LogP contribution is -2.09. The van der Waals surface area contributed by atoms with Crippen molar-refractivity contribution < 1.29 is 9.53 Å². The number of aromatic nitrogens is 3. The van der Waals surface area contributed by atoms with Gasteiger partial charge in [0, 0.05) is 0 Å². The SMILES string of the molecule is CCOC(=O)c1ncc2scnc2n1. The molecule has 14 heavy (non-hydrogen) atoms. The van der Waals surface area contributed by atoms with Gasteiger partial charge in [0.1, 0.15) is 0 Å². The molecule has 0 amide bonds. The molecule has 0 aromatic carbocycles. The monoisotopic (exact) mass is 209 g/mol. The van der Waals surface area contributed by atoms with Crippen LogP contribution in [0, 0.1) is 0 Å². The fraction of sp³-hybridized carbons (Fsp3) is 0.250. The minimum absolute atomic E-state index is 0.0604. The molecule has 0 bridgehead atoms. The second-order valence-corrected chi connectivity index (χ2v) is 3.34. The van der Waals surface area contributed by atoms with Gasteiger partial charge in [-0.1, -0.05) is 0 Å². The standard InChI is InChI=1S/C8H7N3O2S/c1-2-13-8(12)7-9-3-5-6(11-7)10-4-14-5/h3-4H,2H2,1H3. The minimum Gasteiger partial charge on any atom is -0.460 e. The van der Waals surface area contributed by atoms with Crippen LogP contribution in [0.1, 0.15) is 17.5 Å². The van der Waals surface area contributed by atoms with Crippen molar-refractivity contribution in [3.63, 3.8) is 0 Å². The zero-order valence-electron chi connectivity index (χ0n) is 7.43. The second-order valence-electron chi connectivity index (χ2n) is 2.45. The first-order chi connectivity index (χ1) is 6.81. The van der Waals surface area contributed by atoms with Gasteiger partial charge >= 0.3 is 5.97 Å². The highest BCUT2D eigenvalue weighted by molar-refractivity contribution is 7.16. The highest BCUT2D eigenvalue weighted by atomic mass is 32.1. The van der Waals surface area contributed by atoms with Crippen molar-refractivity contribution in [2.45, 2.75) is 6.92 Å². The number of esters is 1. The molecule has 6 heteroatoms. The van der Waals surface area contributed by atoms with E-state index < -0.39 is 5.97 Å². The molecular formula is C8H7N3O2S. The second kappa shape index (κ2) is 3.67. The fourth-order valence-corrected chi connectivity index (χ4v) is 1.55. The van der Waals surface area contributed by atoms with Gasteiger partial charge in [-0.2, -0.15) is 0 Å². The smallest absolute Gasteiger partial charge is 0.376 e. The Hall–Kier alpha value is -1.56. The lowest BCUT2D eigenvalue weighted by molar-refractivity contribution is 0.0512. The summed E-state index contributed by atoms with van der Waals surface area (Å²) in [4.78, 5) is 23.1. The molecule has 0 atom stereocenters. The molecular weight excluding hydrogens is 202 g/mol. The molecule has 0 saturated heterocycles. The fourth-order valence-electron chi connectivity index (χ4n) is 0.964. The lowest BCUT2D eigenvalue weighted by atomic mass is 10.5. The molecule has 0 radical (unpaired) electrons. The molecule has 0 aliphatic carbocycles. The summed E-state index contributed by atoms with van der Waals surface area (Å²) in [5.74, 6) is -0.451. The van der Waals surface area contributed by atoms with Crippen molar-refractivity contribution in [1.82, 2.24) is 15.0 Å². The number of rotatable bonds is 2. The van der Waals surface area contributed by atoms with Gasteiger partial charge in [-0.25, -0.2) is 19.7 Å². The van der Waals surface area contributed by atoms with Gasteiger partial charge < -0.3 is 4.74 Å². The molecule has 2 aromatic heterocycles. The van der Waals surface area contributed by atoms with Gasteiger partial charge in [-0.3, -0.25) is 0 Å². The molecule has 0 aliphatic heterocycles. The molecule has 0 saturated carbocycles. The van der Waals surface area contributed by atoms with Gasteiger partial charge in [-0.05, 0) is 6.92 Å². The first-order valence-corrected chi connectivity index (χ1v) is 4.92. The van der Waals surface area contributed by atoms with E-state index >= 15 is 0 Å². The Kier molecular flexibility index (Phi) is 2.36. The van der Waals surface area contributed by atoms with E-state index in [1.807, 2.05) is 0 Å². The van der Waals surface area contributed by atoms with E-state index in [2.05, 4.69) is 15.0 Å². The quantitative estimate of drug-likeness (QED) is 0.697. The maximum absolute atomic E-state index is 11.2. The third kappa shape index (κ3) is 1.56. The first-order valence-electron chi connectivity index (χ1n) is 4.04. The van der Waals surface area contributed by atoms with Crippen molar-refractivity contribution in [3.8, 4) is 0 Å². The van der Waals surface area contributed by atoms with E-state index in [9.17, 15) is 4.79 Å². The number of hydrogen-bond acceptors (Lipinski definition) is 6. The van der Waals surface area contributed by atoms with Crippen molar-refractivity contribution >= 4 is 27.7 Å². The number of nitrogens with zero attached hydrogens (tertiary/aromatic N) is 3. The highest BCUT2D eigenvalue weighted by Crippen LogP contribution is 2.13. The highest BCUT2D eigenvalue weighted by Gasteiger charge is 2.11. The molecule has 2 rings (SSSR count). The summed E-state index contributed by atoms with van der Waals surface area (Å²) in [6, 6.07) is 0. The van der Waals surface area contributed by atoms with Gasteiger partial charge in [-0.15, -0.1) is 11.3 Å². The van der Waals surface area contributed by atoms with Gasteiger partial charge in [0.2, 0.25) is 5.82 Å². The number of fused-ring (bicyclic) bond motifs is 1. The molecule has 2 aromatic rings. The third-order valence-electron chi connectivity index (χ3n) is 1.55. The van der Waals surface area contributed by atoms with E-state index in [0.717, 1.165) is 4.70 Å². The number of hydrogen-bond donors (Lipinski definition) is 0. The van der Waals surface area contributed by atoms with Gasteiger partial charge in [0.25, 0.3) is 0 Å². The van der Waals surface area contributed by atoms with E-state index in [0.29, 0.717) is 12.3 Å². The summed E-state index contributed by atoms with van der Waals surface area (Å²) >= 11 is 1.43. The Morgan fingerprint density at radius 2 is 2.43 bits per heavy atom. The van der Waals surface area contributed by atoms with Crippen LogP contribution in [0.15, 0.2) is 11.7 Å². The largest absolute Gasteiger partial charge is 0.460 e. The Morgan fingerprint density at radius 1 is 1.57 bits per heavy atom. The number of ether oxygens (including phenoxy) is 1. The van der Waals surface area contributed by atoms with Crippen LogP contribution in [-0.4, -0.2) is 27.5 Å². The number of thiazole rings is 1. The van der Waals surface area contributed by atoms with E-state index in [1.165, 1.54) is 11.3 Å². The van der Waals surface area contributed by atoms with E-state index in [1.54, 1.807) is 18.6 Å². The van der Waals surface area contributed by atoms with Crippen LogP contribution in [-0.2, 0) is 4.74 Å². The predicted molar refractivity (Wildman–Crippen MR) is 51.2 cm³/mol. The summed E-state index contributed by atoms with van der Waals surface area (Å²) in [6.45, 7) is 2.05.